The fourth-order valence-electron chi connectivity index (χ4n) is 4.00. The Labute approximate surface area is 154 Å². The first-order chi connectivity index (χ1) is 11.7. The molecule has 0 saturated heterocycles. The Morgan fingerprint density at radius 2 is 1.67 bits per heavy atom. The van der Waals surface area contributed by atoms with Gasteiger partial charge in [-0.05, 0) is 46.4 Å². The van der Waals surface area contributed by atoms with Crippen molar-refractivity contribution >= 4 is 55.8 Å². The number of pyridine rings is 1. The van der Waals surface area contributed by atoms with Crippen molar-refractivity contribution in [2.45, 2.75) is 0 Å². The van der Waals surface area contributed by atoms with Gasteiger partial charge in [-0.15, -0.1) is 0 Å². The molecule has 0 aliphatic carbocycles. The van der Waals surface area contributed by atoms with Crippen LogP contribution in [0.25, 0.3) is 32.9 Å². The number of aryl methyl sites for hydroxylation is 1. The minimum absolute atomic E-state index is 1.26. The number of hydrogen-bond donors (Lipinski definition) is 0. The first kappa shape index (κ1) is 14.2. The van der Waals surface area contributed by atoms with Crippen molar-refractivity contribution in [3.05, 3.63) is 64.2 Å². The van der Waals surface area contributed by atoms with E-state index in [9.17, 15) is 0 Å². The van der Waals surface area contributed by atoms with Gasteiger partial charge >= 0.3 is 0 Å². The largest absolute Gasteiger partial charge is 0.343 e. The Morgan fingerprint density at radius 3 is 2.54 bits per heavy atom. The molecule has 0 spiro atoms. The van der Waals surface area contributed by atoms with Crippen LogP contribution in [0.4, 0.5) is 11.4 Å². The fraction of sp³-hybridized carbons (Fsp3) is 0.0952. The predicted molar refractivity (Wildman–Crippen MR) is 109 cm³/mol. The topological polar surface area (TPSA) is 7.12 Å². The smallest absolute Gasteiger partial charge is 0.215 e. The maximum Gasteiger partial charge on any atom is 0.215 e. The molecule has 2 nitrogen and oxygen atoms in total. The standard InChI is InChI=1S/C21H16IN2/c1-23-17-8-4-3-6-16(17)21-20-15(7-5-9-18(20)23)14-11-10-13(22)12-19(14)24(21)2/h3-12H,1-2H3/q+1. The highest BCUT2D eigenvalue weighted by atomic mass is 127. The fourth-order valence-corrected chi connectivity index (χ4v) is 4.48. The molecule has 1 aliphatic rings. The second kappa shape index (κ2) is 4.93. The van der Waals surface area contributed by atoms with Crippen molar-refractivity contribution < 1.29 is 4.57 Å². The summed E-state index contributed by atoms with van der Waals surface area (Å²) in [6.07, 6.45) is 0. The van der Waals surface area contributed by atoms with Gasteiger partial charge in [0, 0.05) is 34.0 Å². The number of nitrogens with zero attached hydrogens (tertiary/aromatic N) is 2. The second-order valence-corrected chi connectivity index (χ2v) is 7.59. The van der Waals surface area contributed by atoms with Gasteiger partial charge in [-0.1, -0.05) is 30.3 Å². The molecule has 0 unspecified atom stereocenters. The number of rotatable bonds is 0. The zero-order valence-corrected chi connectivity index (χ0v) is 15.7. The number of fused-ring (bicyclic) bond motifs is 4. The highest BCUT2D eigenvalue weighted by molar-refractivity contribution is 14.1. The molecule has 4 aromatic rings. The van der Waals surface area contributed by atoms with Gasteiger partial charge in [-0.3, -0.25) is 0 Å². The minimum Gasteiger partial charge on any atom is -0.343 e. The summed E-state index contributed by atoms with van der Waals surface area (Å²) in [7, 11) is 4.35. The number of aromatic nitrogens is 1. The van der Waals surface area contributed by atoms with Crippen LogP contribution in [-0.2, 0) is 7.05 Å². The lowest BCUT2D eigenvalue weighted by atomic mass is 9.91. The quantitative estimate of drug-likeness (QED) is 0.215. The Kier molecular flexibility index (Phi) is 2.92. The molecule has 0 N–H and O–H groups in total. The zero-order valence-electron chi connectivity index (χ0n) is 13.5. The first-order valence-corrected chi connectivity index (χ1v) is 9.12. The summed E-state index contributed by atoms with van der Waals surface area (Å²) in [6.45, 7) is 0. The Hall–Kier alpha value is -2.14. The number of benzene rings is 3. The summed E-state index contributed by atoms with van der Waals surface area (Å²) in [5, 5.41) is 2.64. The summed E-state index contributed by atoms with van der Waals surface area (Å²) < 4.78 is 3.57. The highest BCUT2D eigenvalue weighted by Gasteiger charge is 2.28. The normalized spacial score (nSPS) is 12.7. The monoisotopic (exact) mass is 423 g/mol. The third-order valence-electron chi connectivity index (χ3n) is 5.11. The van der Waals surface area contributed by atoms with Gasteiger partial charge in [0.15, 0.2) is 0 Å². The molecule has 0 bridgehead atoms. The van der Waals surface area contributed by atoms with Crippen LogP contribution in [0, 0.1) is 3.57 Å². The van der Waals surface area contributed by atoms with Crippen molar-refractivity contribution in [3.63, 3.8) is 0 Å². The van der Waals surface area contributed by atoms with Gasteiger partial charge in [0.05, 0.1) is 16.5 Å². The molecule has 0 radical (unpaired) electrons. The van der Waals surface area contributed by atoms with E-state index < -0.39 is 0 Å². The van der Waals surface area contributed by atoms with E-state index in [1.54, 1.807) is 0 Å². The van der Waals surface area contributed by atoms with E-state index in [0.717, 1.165) is 0 Å². The lowest BCUT2D eigenvalue weighted by Crippen LogP contribution is -2.32. The number of hydrogen-bond acceptors (Lipinski definition) is 1. The SMILES string of the molecule is CN1c2cc(I)ccc2-c2cccc3c2c1c1ccccc1[n+]3C. The Morgan fingerprint density at radius 1 is 0.875 bits per heavy atom. The van der Waals surface area contributed by atoms with Crippen LogP contribution < -0.4 is 9.47 Å². The van der Waals surface area contributed by atoms with Gasteiger partial charge in [0.25, 0.3) is 0 Å². The van der Waals surface area contributed by atoms with E-state index in [1.807, 2.05) is 0 Å². The average Bonchev–Trinajstić information content (AvgIpc) is 2.61. The van der Waals surface area contributed by atoms with E-state index in [-0.39, 0.29) is 0 Å². The molecule has 0 amide bonds. The molecule has 1 aromatic heterocycles. The number of para-hydroxylation sites is 1. The van der Waals surface area contributed by atoms with Crippen LogP contribution >= 0.6 is 22.6 Å². The summed E-state index contributed by atoms with van der Waals surface area (Å²) in [6, 6.07) is 22.0. The Bertz CT molecular complexity index is 1150. The van der Waals surface area contributed by atoms with Crippen molar-refractivity contribution in [1.82, 2.24) is 0 Å². The van der Waals surface area contributed by atoms with Crippen LogP contribution in [0.2, 0.25) is 0 Å². The molecule has 1 aliphatic heterocycles. The van der Waals surface area contributed by atoms with E-state index in [4.69, 9.17) is 0 Å². The van der Waals surface area contributed by atoms with Crippen LogP contribution in [0.5, 0.6) is 0 Å². The Balaban J connectivity index is 2.08. The van der Waals surface area contributed by atoms with Crippen molar-refractivity contribution in [3.8, 4) is 11.1 Å². The number of anilines is 2. The van der Waals surface area contributed by atoms with Gasteiger partial charge in [-0.25, -0.2) is 0 Å². The average molecular weight is 423 g/mol. The van der Waals surface area contributed by atoms with E-state index in [0.29, 0.717) is 0 Å². The molecular formula is C21H16IN2+. The first-order valence-electron chi connectivity index (χ1n) is 8.04. The third kappa shape index (κ3) is 1.73. The van der Waals surface area contributed by atoms with Crippen molar-refractivity contribution in [2.75, 3.05) is 11.9 Å². The summed E-state index contributed by atoms with van der Waals surface area (Å²) in [5.74, 6) is 0. The molecule has 0 atom stereocenters. The van der Waals surface area contributed by atoms with Crippen molar-refractivity contribution in [2.24, 2.45) is 7.05 Å². The molecule has 3 aromatic carbocycles. The molecule has 0 saturated carbocycles. The maximum atomic E-state index is 2.39. The summed E-state index contributed by atoms with van der Waals surface area (Å²) >= 11 is 2.39. The van der Waals surface area contributed by atoms with Crippen LogP contribution in [0.3, 0.4) is 0 Å². The van der Waals surface area contributed by atoms with Crippen LogP contribution in [-0.4, -0.2) is 7.05 Å². The molecule has 5 rings (SSSR count). The van der Waals surface area contributed by atoms with Gasteiger partial charge < -0.3 is 4.90 Å². The van der Waals surface area contributed by atoms with E-state index in [1.165, 1.54) is 47.9 Å². The molecule has 0 fully saturated rings. The van der Waals surface area contributed by atoms with Crippen molar-refractivity contribution in [1.29, 1.82) is 0 Å². The summed E-state index contributed by atoms with van der Waals surface area (Å²) in [5.41, 5.74) is 7.76. The van der Waals surface area contributed by atoms with Crippen LogP contribution in [0.15, 0.2) is 60.7 Å². The van der Waals surface area contributed by atoms with Gasteiger partial charge in [0.1, 0.15) is 7.05 Å². The molecular weight excluding hydrogens is 407 g/mol. The zero-order chi connectivity index (χ0) is 16.4. The predicted octanol–water partition coefficient (Wildman–Crippen LogP) is 5.17. The summed E-state index contributed by atoms with van der Waals surface area (Å²) in [4.78, 5) is 2.36. The lowest BCUT2D eigenvalue weighted by Gasteiger charge is -2.30. The molecule has 24 heavy (non-hydrogen) atoms. The lowest BCUT2D eigenvalue weighted by molar-refractivity contribution is -0.617. The maximum absolute atomic E-state index is 2.39. The molecule has 2 heterocycles. The van der Waals surface area contributed by atoms with Crippen LogP contribution in [0.1, 0.15) is 0 Å². The minimum atomic E-state index is 1.26. The molecule has 3 heteroatoms. The highest BCUT2D eigenvalue weighted by Crippen LogP contribution is 2.48. The van der Waals surface area contributed by atoms with Gasteiger partial charge in [0.2, 0.25) is 11.0 Å². The van der Waals surface area contributed by atoms with E-state index >= 15 is 0 Å². The number of halogens is 1. The third-order valence-corrected chi connectivity index (χ3v) is 5.78. The molecule has 116 valence electrons. The second-order valence-electron chi connectivity index (χ2n) is 6.34. The van der Waals surface area contributed by atoms with E-state index in [2.05, 4.69) is 107 Å². The van der Waals surface area contributed by atoms with Gasteiger partial charge in [-0.2, -0.15) is 4.57 Å².